The van der Waals surface area contributed by atoms with Gasteiger partial charge in [0.2, 0.25) is 6.41 Å². The monoisotopic (exact) mass is 297 g/mol. The molecule has 2 N–H and O–H groups in total. The first-order chi connectivity index (χ1) is 9.01. The summed E-state index contributed by atoms with van der Waals surface area (Å²) < 4.78 is 14.5. The van der Waals surface area contributed by atoms with E-state index in [-0.39, 0.29) is 12.6 Å². The molecule has 1 fully saturated rings. The lowest BCUT2D eigenvalue weighted by atomic mass is 10.2. The van der Waals surface area contributed by atoms with Crippen molar-refractivity contribution in [2.75, 3.05) is 40.1 Å². The first kappa shape index (κ1) is 18.7. The zero-order valence-corrected chi connectivity index (χ0v) is 12.6. The molecule has 1 rings (SSSR count). The number of morpholine rings is 1. The van der Waals surface area contributed by atoms with Crippen LogP contribution in [0.1, 0.15) is 13.8 Å². The number of carbonyl (C=O) groups is 1. The minimum atomic E-state index is -2.35. The first-order valence-corrected chi connectivity index (χ1v) is 7.26. The van der Waals surface area contributed by atoms with Crippen LogP contribution >= 0.6 is 8.60 Å². The lowest BCUT2D eigenvalue weighted by Crippen LogP contribution is -2.46. The molecule has 0 spiro atoms. The molecule has 0 aromatic heterocycles. The summed E-state index contributed by atoms with van der Waals surface area (Å²) in [6.07, 6.45) is 0.716. The minimum Gasteiger partial charge on any atom is -0.384 e. The second-order valence-electron chi connectivity index (χ2n) is 4.47. The number of methoxy groups -OCH3 is 1. The van der Waals surface area contributed by atoms with Crippen molar-refractivity contribution in [3.8, 4) is 0 Å². The van der Waals surface area contributed by atoms with Gasteiger partial charge >= 0.3 is 8.60 Å². The van der Waals surface area contributed by atoms with Gasteiger partial charge < -0.3 is 28.7 Å². The fourth-order valence-electron chi connectivity index (χ4n) is 1.44. The van der Waals surface area contributed by atoms with Gasteiger partial charge in [-0.25, -0.2) is 0 Å². The van der Waals surface area contributed by atoms with Crippen molar-refractivity contribution in [2.45, 2.75) is 19.9 Å². The van der Waals surface area contributed by atoms with Crippen molar-refractivity contribution < 1.29 is 28.6 Å². The predicted octanol–water partition coefficient (Wildman–Crippen LogP) is 0.361. The number of amides is 1. The highest BCUT2D eigenvalue weighted by atomic mass is 31.2. The Balaban J connectivity index is 0.000000459. The normalized spacial score (nSPS) is 19.3. The van der Waals surface area contributed by atoms with Crippen LogP contribution in [0.25, 0.3) is 0 Å². The van der Waals surface area contributed by atoms with E-state index < -0.39 is 8.60 Å². The van der Waals surface area contributed by atoms with Crippen LogP contribution in [0, 0.1) is 5.92 Å². The molecular weight excluding hydrogens is 273 g/mol. The summed E-state index contributed by atoms with van der Waals surface area (Å²) in [5.74, 6) is 0.676. The summed E-state index contributed by atoms with van der Waals surface area (Å²) in [4.78, 5) is 29.0. The Hall–Kier alpha value is -0.300. The van der Waals surface area contributed by atoms with E-state index in [9.17, 15) is 4.79 Å². The molecule has 1 amide bonds. The van der Waals surface area contributed by atoms with Gasteiger partial charge in [-0.15, -0.1) is 0 Å². The molecular formula is C11H24NO6P. The van der Waals surface area contributed by atoms with Crippen molar-refractivity contribution in [3.05, 3.63) is 0 Å². The maximum Gasteiger partial charge on any atom is 0.327 e. The van der Waals surface area contributed by atoms with Crippen molar-refractivity contribution in [1.29, 1.82) is 0 Å². The molecule has 0 aromatic rings. The van der Waals surface area contributed by atoms with Gasteiger partial charge in [0, 0.05) is 20.3 Å². The molecule has 7 nitrogen and oxygen atoms in total. The Kier molecular flexibility index (Phi) is 11.3. The van der Waals surface area contributed by atoms with Gasteiger partial charge in [0.15, 0.2) is 0 Å². The van der Waals surface area contributed by atoms with Gasteiger partial charge in [-0.05, 0) is 5.92 Å². The Labute approximate surface area is 115 Å². The third-order valence-corrected chi connectivity index (χ3v) is 2.67. The van der Waals surface area contributed by atoms with Gasteiger partial charge in [-0.2, -0.15) is 0 Å². The fraction of sp³-hybridized carbons (Fsp3) is 0.909. The molecule has 0 aromatic carbocycles. The van der Waals surface area contributed by atoms with E-state index >= 15 is 0 Å². The number of carbonyl (C=O) groups excluding carboxylic acids is 1. The molecule has 0 saturated carbocycles. The first-order valence-electron chi connectivity index (χ1n) is 6.09. The van der Waals surface area contributed by atoms with Crippen LogP contribution in [0.4, 0.5) is 0 Å². The number of hydrogen-bond acceptors (Lipinski definition) is 6. The maximum absolute atomic E-state index is 10.5. The summed E-state index contributed by atoms with van der Waals surface area (Å²) in [5.41, 5.74) is 0. The average Bonchev–Trinajstić information content (AvgIpc) is 2.37. The molecule has 0 bridgehead atoms. The molecule has 1 heterocycles. The molecule has 1 aliphatic rings. The molecule has 1 aliphatic heterocycles. The topological polar surface area (TPSA) is 88.5 Å². The van der Waals surface area contributed by atoms with Crippen molar-refractivity contribution >= 4 is 15.0 Å². The zero-order valence-electron chi connectivity index (χ0n) is 11.7. The van der Waals surface area contributed by atoms with E-state index in [2.05, 4.69) is 18.4 Å². The lowest BCUT2D eigenvalue weighted by molar-refractivity contribution is -0.127. The average molecular weight is 297 g/mol. The van der Waals surface area contributed by atoms with E-state index in [1.807, 2.05) is 0 Å². The molecule has 114 valence electrons. The predicted molar refractivity (Wildman–Crippen MR) is 71.4 cm³/mol. The van der Waals surface area contributed by atoms with E-state index in [0.29, 0.717) is 32.1 Å². The summed E-state index contributed by atoms with van der Waals surface area (Å²) in [5, 5.41) is 0. The SMILES string of the molecule is COCC(C)C.O=CN1CCOCC1COP(O)O. The third-order valence-electron chi connectivity index (χ3n) is 2.29. The van der Waals surface area contributed by atoms with Crippen LogP contribution in [-0.2, 0) is 18.8 Å². The van der Waals surface area contributed by atoms with Gasteiger partial charge in [0.25, 0.3) is 0 Å². The number of rotatable bonds is 6. The van der Waals surface area contributed by atoms with Crippen LogP contribution in [0.2, 0.25) is 0 Å². The largest absolute Gasteiger partial charge is 0.384 e. The lowest BCUT2D eigenvalue weighted by Gasteiger charge is -2.32. The Morgan fingerprint density at radius 1 is 1.53 bits per heavy atom. The van der Waals surface area contributed by atoms with Crippen LogP contribution in [0.3, 0.4) is 0 Å². The van der Waals surface area contributed by atoms with Crippen molar-refractivity contribution in [3.63, 3.8) is 0 Å². The Bertz CT molecular complexity index is 229. The van der Waals surface area contributed by atoms with Gasteiger partial charge in [-0.1, -0.05) is 13.8 Å². The van der Waals surface area contributed by atoms with Gasteiger partial charge in [0.05, 0.1) is 25.9 Å². The zero-order chi connectivity index (χ0) is 14.7. The molecule has 8 heteroatoms. The van der Waals surface area contributed by atoms with Crippen LogP contribution < -0.4 is 0 Å². The van der Waals surface area contributed by atoms with Gasteiger partial charge in [0.1, 0.15) is 0 Å². The Morgan fingerprint density at radius 2 is 2.21 bits per heavy atom. The smallest absolute Gasteiger partial charge is 0.327 e. The molecule has 19 heavy (non-hydrogen) atoms. The second-order valence-corrected chi connectivity index (χ2v) is 5.23. The van der Waals surface area contributed by atoms with Crippen molar-refractivity contribution in [2.24, 2.45) is 5.92 Å². The third kappa shape index (κ3) is 10.2. The standard InChI is InChI=1S/C6H12NO5P.C5H12O/c8-5-7-1-2-11-3-6(7)4-12-13(9)10;1-5(2)4-6-3/h5-6,9-10H,1-4H2;5H,4H2,1-3H3. The van der Waals surface area contributed by atoms with Crippen LogP contribution in [0.5, 0.6) is 0 Å². The highest BCUT2D eigenvalue weighted by Gasteiger charge is 2.22. The molecule has 0 aliphatic carbocycles. The summed E-state index contributed by atoms with van der Waals surface area (Å²) in [7, 11) is -0.625. The number of hydrogen-bond donors (Lipinski definition) is 2. The second kappa shape index (κ2) is 11.5. The van der Waals surface area contributed by atoms with E-state index in [1.165, 1.54) is 4.90 Å². The quantitative estimate of drug-likeness (QED) is 0.543. The summed E-state index contributed by atoms with van der Waals surface area (Å²) in [6, 6.07) is -0.212. The van der Waals surface area contributed by atoms with Crippen molar-refractivity contribution in [1.82, 2.24) is 4.90 Å². The summed E-state index contributed by atoms with van der Waals surface area (Å²) >= 11 is 0. The summed E-state index contributed by atoms with van der Waals surface area (Å²) in [6.45, 7) is 6.64. The highest BCUT2D eigenvalue weighted by Crippen LogP contribution is 2.25. The van der Waals surface area contributed by atoms with E-state index in [1.54, 1.807) is 7.11 Å². The van der Waals surface area contributed by atoms with Crippen LogP contribution in [0.15, 0.2) is 0 Å². The molecule has 1 atom stereocenters. The Morgan fingerprint density at radius 3 is 2.63 bits per heavy atom. The van der Waals surface area contributed by atoms with Gasteiger partial charge in [-0.3, -0.25) is 4.79 Å². The van der Waals surface area contributed by atoms with Crippen LogP contribution in [-0.4, -0.2) is 67.2 Å². The molecule has 1 unspecified atom stereocenters. The maximum atomic E-state index is 10.5. The number of ether oxygens (including phenoxy) is 2. The fourth-order valence-corrected chi connectivity index (χ4v) is 1.74. The highest BCUT2D eigenvalue weighted by molar-refractivity contribution is 7.39. The number of nitrogens with zero attached hydrogens (tertiary/aromatic N) is 1. The molecule has 0 radical (unpaired) electrons. The van der Waals surface area contributed by atoms with E-state index in [4.69, 9.17) is 19.3 Å². The minimum absolute atomic E-state index is 0.0947. The van der Waals surface area contributed by atoms with E-state index in [0.717, 1.165) is 6.61 Å². The molecule has 1 saturated heterocycles.